The first kappa shape index (κ1) is 17.1. The molecule has 1 heterocycles. The second-order valence-corrected chi connectivity index (χ2v) is 6.68. The molecule has 2 aromatic carbocycles. The number of hydrogen-bond donors (Lipinski definition) is 1. The zero-order valence-electron chi connectivity index (χ0n) is 15.1. The molecule has 1 aliphatic heterocycles. The van der Waals surface area contributed by atoms with E-state index in [4.69, 9.17) is 4.74 Å². The molecule has 0 saturated carbocycles. The third kappa shape index (κ3) is 2.81. The van der Waals surface area contributed by atoms with Crippen molar-refractivity contribution in [3.05, 3.63) is 74.8 Å². The molecule has 1 atom stereocenters. The number of methoxy groups -OCH3 is 1. The van der Waals surface area contributed by atoms with Crippen LogP contribution in [0.5, 0.6) is 5.75 Å². The molecule has 4 rings (SSSR count). The largest absolute Gasteiger partial charge is 0.497 e. The second kappa shape index (κ2) is 6.42. The normalized spacial score (nSPS) is 17.9. The predicted octanol–water partition coefficient (Wildman–Crippen LogP) is 3.37. The molecule has 0 fully saturated rings. The Balaban J connectivity index is 1.81. The number of non-ortho nitro benzene ring substituents is 1. The van der Waals surface area contributed by atoms with Gasteiger partial charge in [-0.1, -0.05) is 6.07 Å². The van der Waals surface area contributed by atoms with Crippen LogP contribution in [0.15, 0.2) is 48.0 Å². The van der Waals surface area contributed by atoms with Gasteiger partial charge < -0.3 is 4.74 Å². The summed E-state index contributed by atoms with van der Waals surface area (Å²) in [6, 6.07) is 12.1. The van der Waals surface area contributed by atoms with Crippen LogP contribution in [0.25, 0.3) is 5.70 Å². The number of amides is 1. The van der Waals surface area contributed by atoms with E-state index in [1.807, 2.05) is 12.1 Å². The van der Waals surface area contributed by atoms with E-state index in [1.165, 1.54) is 24.6 Å². The number of ether oxygens (including phenoxy) is 1. The van der Waals surface area contributed by atoms with Crippen LogP contribution in [0.4, 0.5) is 5.69 Å². The topological polar surface area (TPSA) is 84.7 Å². The van der Waals surface area contributed by atoms with Gasteiger partial charge in [0.05, 0.1) is 17.7 Å². The number of benzene rings is 2. The fourth-order valence-corrected chi connectivity index (χ4v) is 3.84. The predicted molar refractivity (Wildman–Crippen MR) is 99.7 cm³/mol. The zero-order valence-corrected chi connectivity index (χ0v) is 15.1. The van der Waals surface area contributed by atoms with Crippen LogP contribution in [0.2, 0.25) is 0 Å². The molecule has 2 aromatic rings. The maximum absolute atomic E-state index is 12.3. The number of hydrazine groups is 1. The molecule has 2 aliphatic rings. The molecular formula is C20H19N3O4. The lowest BCUT2D eigenvalue weighted by Crippen LogP contribution is -2.38. The number of fused-ring (bicyclic) bond motifs is 2. The second-order valence-electron chi connectivity index (χ2n) is 6.68. The summed E-state index contributed by atoms with van der Waals surface area (Å²) in [6.45, 7) is 1.51. The minimum absolute atomic E-state index is 0.0343. The average molecular weight is 365 g/mol. The van der Waals surface area contributed by atoms with Gasteiger partial charge in [-0.15, -0.1) is 0 Å². The van der Waals surface area contributed by atoms with Gasteiger partial charge in [0.15, 0.2) is 0 Å². The SMILES string of the molecule is COc1ccc2c(c1)C1=C(CC2)C(c2ccc([N+](=O)[O-])cc2)N(C(C)=O)N1. The summed E-state index contributed by atoms with van der Waals surface area (Å²) < 4.78 is 5.36. The van der Waals surface area contributed by atoms with Crippen molar-refractivity contribution in [3.63, 3.8) is 0 Å². The molecule has 1 N–H and O–H groups in total. The van der Waals surface area contributed by atoms with Crippen LogP contribution in [0.1, 0.15) is 36.1 Å². The Hall–Kier alpha value is -3.35. The van der Waals surface area contributed by atoms with Crippen LogP contribution in [0.3, 0.4) is 0 Å². The highest BCUT2D eigenvalue weighted by atomic mass is 16.6. The van der Waals surface area contributed by atoms with Gasteiger partial charge >= 0.3 is 0 Å². The van der Waals surface area contributed by atoms with E-state index < -0.39 is 4.92 Å². The molecule has 1 amide bonds. The lowest BCUT2D eigenvalue weighted by molar-refractivity contribution is -0.384. The lowest BCUT2D eigenvalue weighted by Gasteiger charge is -2.25. The monoisotopic (exact) mass is 365 g/mol. The van der Waals surface area contributed by atoms with Gasteiger partial charge in [-0.05, 0) is 53.8 Å². The lowest BCUT2D eigenvalue weighted by atomic mass is 9.85. The Morgan fingerprint density at radius 3 is 2.59 bits per heavy atom. The van der Waals surface area contributed by atoms with Gasteiger partial charge in [-0.2, -0.15) is 0 Å². The molecule has 0 radical (unpaired) electrons. The van der Waals surface area contributed by atoms with Gasteiger partial charge in [-0.3, -0.25) is 20.3 Å². The Morgan fingerprint density at radius 1 is 1.22 bits per heavy atom. The van der Waals surface area contributed by atoms with E-state index in [0.717, 1.165) is 41.0 Å². The molecule has 0 bridgehead atoms. The molecular weight excluding hydrogens is 346 g/mol. The molecule has 1 unspecified atom stereocenters. The van der Waals surface area contributed by atoms with Gasteiger partial charge in [0.25, 0.3) is 5.69 Å². The standard InChI is InChI=1S/C20H19N3O4/c1-12(24)22-20(14-3-7-15(8-4-14)23(25)26)17-10-6-13-5-9-16(27-2)11-18(13)19(17)21-22/h3-5,7-9,11,20-21H,6,10H2,1-2H3. The molecule has 27 heavy (non-hydrogen) atoms. The molecule has 7 heteroatoms. The number of aryl methyl sites for hydroxylation is 1. The first-order valence-electron chi connectivity index (χ1n) is 8.70. The van der Waals surface area contributed by atoms with E-state index in [-0.39, 0.29) is 17.6 Å². The van der Waals surface area contributed by atoms with Crippen LogP contribution in [0, 0.1) is 10.1 Å². The van der Waals surface area contributed by atoms with Gasteiger partial charge in [-0.25, -0.2) is 5.01 Å². The quantitative estimate of drug-likeness (QED) is 0.666. The van der Waals surface area contributed by atoms with Crippen molar-refractivity contribution in [2.45, 2.75) is 25.8 Å². The van der Waals surface area contributed by atoms with Gasteiger partial charge in [0, 0.05) is 24.6 Å². The third-order valence-electron chi connectivity index (χ3n) is 5.15. The molecule has 0 aromatic heterocycles. The number of carbonyl (C=O) groups excluding carboxylic acids is 1. The Morgan fingerprint density at radius 2 is 1.96 bits per heavy atom. The summed E-state index contributed by atoms with van der Waals surface area (Å²) in [6.07, 6.45) is 1.68. The average Bonchev–Trinajstić information content (AvgIpc) is 3.08. The highest BCUT2D eigenvalue weighted by molar-refractivity contribution is 5.82. The van der Waals surface area contributed by atoms with Crippen molar-refractivity contribution >= 4 is 17.3 Å². The first-order valence-corrected chi connectivity index (χ1v) is 8.70. The zero-order chi connectivity index (χ0) is 19.1. The minimum Gasteiger partial charge on any atom is -0.497 e. The summed E-state index contributed by atoms with van der Waals surface area (Å²) >= 11 is 0. The van der Waals surface area contributed by atoms with Crippen molar-refractivity contribution < 1.29 is 14.5 Å². The van der Waals surface area contributed by atoms with E-state index in [0.29, 0.717) is 0 Å². The van der Waals surface area contributed by atoms with Gasteiger partial charge in [0.2, 0.25) is 5.91 Å². The summed E-state index contributed by atoms with van der Waals surface area (Å²) in [5.74, 6) is 0.648. The van der Waals surface area contributed by atoms with Crippen molar-refractivity contribution in [1.82, 2.24) is 10.4 Å². The Kier molecular flexibility index (Phi) is 4.07. The fourth-order valence-electron chi connectivity index (χ4n) is 3.84. The number of rotatable bonds is 3. The number of nitro groups is 1. The molecule has 0 spiro atoms. The highest BCUT2D eigenvalue weighted by Gasteiger charge is 2.38. The van der Waals surface area contributed by atoms with Crippen LogP contribution in [-0.4, -0.2) is 22.9 Å². The van der Waals surface area contributed by atoms with Crippen molar-refractivity contribution in [1.29, 1.82) is 0 Å². The molecule has 7 nitrogen and oxygen atoms in total. The summed E-state index contributed by atoms with van der Waals surface area (Å²) in [7, 11) is 1.63. The van der Waals surface area contributed by atoms with E-state index in [1.54, 1.807) is 24.3 Å². The van der Waals surface area contributed by atoms with Crippen molar-refractivity contribution in [3.8, 4) is 5.75 Å². The maximum Gasteiger partial charge on any atom is 0.269 e. The minimum atomic E-state index is -0.423. The smallest absolute Gasteiger partial charge is 0.269 e. The Labute approximate surface area is 156 Å². The molecule has 138 valence electrons. The summed E-state index contributed by atoms with van der Waals surface area (Å²) in [5.41, 5.74) is 8.41. The molecule has 1 aliphatic carbocycles. The van der Waals surface area contributed by atoms with E-state index in [2.05, 4.69) is 11.5 Å². The summed E-state index contributed by atoms with van der Waals surface area (Å²) in [5, 5.41) is 12.5. The number of nitro benzene ring substituents is 1. The van der Waals surface area contributed by atoms with Crippen molar-refractivity contribution in [2.75, 3.05) is 7.11 Å². The number of nitrogens with zero attached hydrogens (tertiary/aromatic N) is 2. The first-order chi connectivity index (χ1) is 13.0. The number of carbonyl (C=O) groups is 1. The maximum atomic E-state index is 12.3. The van der Waals surface area contributed by atoms with Crippen LogP contribution < -0.4 is 10.2 Å². The van der Waals surface area contributed by atoms with Crippen LogP contribution in [-0.2, 0) is 11.2 Å². The fraction of sp³-hybridized carbons (Fsp3) is 0.250. The number of nitrogens with one attached hydrogen (secondary N) is 1. The molecule has 0 saturated heterocycles. The third-order valence-corrected chi connectivity index (χ3v) is 5.15. The van der Waals surface area contributed by atoms with E-state index in [9.17, 15) is 14.9 Å². The summed E-state index contributed by atoms with van der Waals surface area (Å²) in [4.78, 5) is 22.8. The van der Waals surface area contributed by atoms with Gasteiger partial charge in [0.1, 0.15) is 11.8 Å². The van der Waals surface area contributed by atoms with E-state index >= 15 is 0 Å². The number of hydrogen-bond acceptors (Lipinski definition) is 5. The van der Waals surface area contributed by atoms with Crippen LogP contribution >= 0.6 is 0 Å². The Bertz CT molecular complexity index is 966. The van der Waals surface area contributed by atoms with Crippen molar-refractivity contribution in [2.24, 2.45) is 0 Å². The highest BCUT2D eigenvalue weighted by Crippen LogP contribution is 2.44.